The second kappa shape index (κ2) is 5.66. The quantitative estimate of drug-likeness (QED) is 0.391. The number of fused-ring (bicyclic) bond motifs is 1. The number of halogens is 1. The van der Waals surface area contributed by atoms with Crippen LogP contribution < -0.4 is 27.1 Å². The molecule has 0 radical (unpaired) electrons. The second-order valence-electron chi connectivity index (χ2n) is 6.67. The summed E-state index contributed by atoms with van der Waals surface area (Å²) in [5, 5.41) is 11.2. The molecule has 4 fully saturated rings. The highest BCUT2D eigenvalue weighted by molar-refractivity contribution is 5.80. The molecule has 0 bridgehead atoms. The summed E-state index contributed by atoms with van der Waals surface area (Å²) >= 11 is 0. The van der Waals surface area contributed by atoms with Crippen LogP contribution in [0.1, 0.15) is 12.8 Å². The summed E-state index contributed by atoms with van der Waals surface area (Å²) in [7, 11) is 0. The lowest BCUT2D eigenvalue weighted by Gasteiger charge is -2.34. The fourth-order valence-electron chi connectivity index (χ4n) is 3.72. The van der Waals surface area contributed by atoms with E-state index in [1.54, 1.807) is 5.01 Å². The summed E-state index contributed by atoms with van der Waals surface area (Å²) < 4.78 is 13.5. The van der Waals surface area contributed by atoms with Crippen LogP contribution in [-0.4, -0.2) is 72.8 Å². The molecule has 9 heteroatoms. The Morgan fingerprint density at radius 2 is 2.14 bits per heavy atom. The molecule has 3 saturated heterocycles. The van der Waals surface area contributed by atoms with E-state index < -0.39 is 18.3 Å². The number of carbonyl (C=O) groups is 1. The normalized spacial score (nSPS) is 43.3. The summed E-state index contributed by atoms with van der Waals surface area (Å²) in [5.74, 6) is -0.495. The Bertz CT molecular complexity index is 448. The fourth-order valence-corrected chi connectivity index (χ4v) is 3.72. The maximum atomic E-state index is 13.5. The van der Waals surface area contributed by atoms with Gasteiger partial charge in [0.15, 0.2) is 0 Å². The molecule has 0 aromatic carbocycles. The first-order chi connectivity index (χ1) is 10.6. The highest BCUT2D eigenvalue weighted by Crippen LogP contribution is 2.29. The van der Waals surface area contributed by atoms with Crippen molar-refractivity contribution in [2.24, 2.45) is 11.7 Å². The average molecular weight is 313 g/mol. The van der Waals surface area contributed by atoms with E-state index in [4.69, 9.17) is 5.73 Å². The van der Waals surface area contributed by atoms with Gasteiger partial charge in [-0.2, -0.15) is 0 Å². The Morgan fingerprint density at radius 1 is 1.32 bits per heavy atom. The summed E-state index contributed by atoms with van der Waals surface area (Å²) in [6, 6.07) is 0.590. The van der Waals surface area contributed by atoms with Crippen molar-refractivity contribution < 1.29 is 9.18 Å². The first-order valence-corrected chi connectivity index (χ1v) is 8.06. The Balaban J connectivity index is 1.41. The van der Waals surface area contributed by atoms with E-state index in [2.05, 4.69) is 26.3 Å². The van der Waals surface area contributed by atoms with Crippen molar-refractivity contribution in [3.8, 4) is 0 Å². The molecule has 5 unspecified atom stereocenters. The lowest BCUT2D eigenvalue weighted by molar-refractivity contribution is -0.128. The number of carbonyl (C=O) groups excluding carboxylic acids is 1. The molecule has 5 atom stereocenters. The molecule has 0 aromatic heterocycles. The van der Waals surface area contributed by atoms with E-state index in [0.29, 0.717) is 6.04 Å². The average Bonchev–Trinajstić information content (AvgIpc) is 3.12. The molecule has 124 valence electrons. The number of nitrogens with zero attached hydrogens (tertiary/aromatic N) is 2. The van der Waals surface area contributed by atoms with Crippen LogP contribution in [0.4, 0.5) is 4.39 Å². The van der Waals surface area contributed by atoms with Crippen molar-refractivity contribution >= 4 is 5.91 Å². The molecule has 4 rings (SSSR count). The van der Waals surface area contributed by atoms with Gasteiger partial charge in [-0.1, -0.05) is 0 Å². The molecule has 0 spiro atoms. The number of nitrogens with one attached hydrogen (secondary N) is 4. The predicted octanol–water partition coefficient (Wildman–Crippen LogP) is -2.56. The van der Waals surface area contributed by atoms with E-state index in [1.165, 1.54) is 12.8 Å². The Hall–Kier alpha value is -0.840. The van der Waals surface area contributed by atoms with Crippen molar-refractivity contribution in [2.45, 2.75) is 43.6 Å². The summed E-state index contributed by atoms with van der Waals surface area (Å²) in [4.78, 5) is 15.0. The number of rotatable bonds is 3. The summed E-state index contributed by atoms with van der Waals surface area (Å²) in [6.45, 7) is 2.10. The summed E-state index contributed by atoms with van der Waals surface area (Å²) in [6.07, 6.45) is 0.751. The Kier molecular flexibility index (Phi) is 3.79. The molecule has 3 aliphatic heterocycles. The lowest BCUT2D eigenvalue weighted by atomic mass is 10.0. The van der Waals surface area contributed by atoms with Gasteiger partial charge in [-0.3, -0.25) is 15.0 Å². The number of amides is 1. The van der Waals surface area contributed by atoms with E-state index in [1.807, 2.05) is 0 Å². The van der Waals surface area contributed by atoms with Gasteiger partial charge in [0.1, 0.15) is 6.17 Å². The standard InChI is InChI=1S/C13H24FN7O/c14-7-3-17-12-10(11(15)19-21(12)5-7)13(22)18-9-4-16-6-20(9)8-1-2-8/h7-12,16-17,19H,1-6,15H2,(H,18,22). The van der Waals surface area contributed by atoms with Crippen LogP contribution in [0, 0.1) is 5.92 Å². The molecular formula is C13H24FN7O. The van der Waals surface area contributed by atoms with Gasteiger partial charge in [0.05, 0.1) is 31.1 Å². The molecule has 1 aliphatic carbocycles. The van der Waals surface area contributed by atoms with Gasteiger partial charge in [0.25, 0.3) is 0 Å². The van der Waals surface area contributed by atoms with Crippen LogP contribution in [0.5, 0.6) is 0 Å². The molecule has 3 heterocycles. The van der Waals surface area contributed by atoms with Crippen LogP contribution in [0.3, 0.4) is 0 Å². The van der Waals surface area contributed by atoms with E-state index in [-0.39, 0.29) is 31.3 Å². The van der Waals surface area contributed by atoms with Crippen molar-refractivity contribution in [1.82, 2.24) is 31.3 Å². The third-order valence-electron chi connectivity index (χ3n) is 4.98. The maximum Gasteiger partial charge on any atom is 0.230 e. The first kappa shape index (κ1) is 14.7. The Morgan fingerprint density at radius 3 is 2.91 bits per heavy atom. The highest BCUT2D eigenvalue weighted by atomic mass is 19.1. The maximum absolute atomic E-state index is 13.5. The molecule has 0 aromatic rings. The topological polar surface area (TPSA) is 97.7 Å². The third-order valence-corrected chi connectivity index (χ3v) is 4.98. The van der Waals surface area contributed by atoms with Gasteiger partial charge in [0, 0.05) is 25.7 Å². The van der Waals surface area contributed by atoms with Crippen molar-refractivity contribution in [3.05, 3.63) is 0 Å². The van der Waals surface area contributed by atoms with Crippen molar-refractivity contribution in [3.63, 3.8) is 0 Å². The monoisotopic (exact) mass is 313 g/mol. The molecule has 1 amide bonds. The SMILES string of the molecule is NC1NN2CC(F)CNC2C1C(=O)NC1CNCN1C1CC1. The first-order valence-electron chi connectivity index (χ1n) is 8.06. The largest absolute Gasteiger partial charge is 0.339 e. The van der Waals surface area contributed by atoms with Crippen LogP contribution in [0.25, 0.3) is 0 Å². The minimum Gasteiger partial charge on any atom is -0.339 e. The second-order valence-corrected chi connectivity index (χ2v) is 6.67. The van der Waals surface area contributed by atoms with Crippen LogP contribution in [0.2, 0.25) is 0 Å². The van der Waals surface area contributed by atoms with Gasteiger partial charge >= 0.3 is 0 Å². The fraction of sp³-hybridized carbons (Fsp3) is 0.923. The predicted molar refractivity (Wildman–Crippen MR) is 77.7 cm³/mol. The zero-order valence-electron chi connectivity index (χ0n) is 12.5. The minimum atomic E-state index is -0.942. The minimum absolute atomic E-state index is 0.0266. The van der Waals surface area contributed by atoms with Crippen LogP contribution in [0.15, 0.2) is 0 Å². The number of nitrogens with two attached hydrogens (primary N) is 1. The smallest absolute Gasteiger partial charge is 0.230 e. The van der Waals surface area contributed by atoms with E-state index in [9.17, 15) is 9.18 Å². The third kappa shape index (κ3) is 2.61. The molecule has 4 aliphatic rings. The van der Waals surface area contributed by atoms with Crippen LogP contribution >= 0.6 is 0 Å². The molecule has 1 saturated carbocycles. The number of hydrazine groups is 1. The van der Waals surface area contributed by atoms with E-state index in [0.717, 1.165) is 13.2 Å². The zero-order chi connectivity index (χ0) is 15.3. The van der Waals surface area contributed by atoms with Gasteiger partial charge in [-0.25, -0.2) is 14.8 Å². The van der Waals surface area contributed by atoms with Gasteiger partial charge in [-0.15, -0.1) is 0 Å². The van der Waals surface area contributed by atoms with Gasteiger partial charge in [-0.05, 0) is 12.8 Å². The molecule has 22 heavy (non-hydrogen) atoms. The van der Waals surface area contributed by atoms with E-state index >= 15 is 0 Å². The number of hydrogen-bond donors (Lipinski definition) is 5. The molecule has 6 N–H and O–H groups in total. The number of alkyl halides is 1. The number of hydrogen-bond acceptors (Lipinski definition) is 7. The molecule has 8 nitrogen and oxygen atoms in total. The van der Waals surface area contributed by atoms with Crippen molar-refractivity contribution in [1.29, 1.82) is 0 Å². The zero-order valence-corrected chi connectivity index (χ0v) is 12.5. The van der Waals surface area contributed by atoms with Crippen LogP contribution in [-0.2, 0) is 4.79 Å². The highest BCUT2D eigenvalue weighted by Gasteiger charge is 2.48. The van der Waals surface area contributed by atoms with Gasteiger partial charge in [0.2, 0.25) is 5.91 Å². The summed E-state index contributed by atoms with van der Waals surface area (Å²) in [5.41, 5.74) is 9.07. The molecular weight excluding hydrogens is 289 g/mol. The lowest BCUT2D eigenvalue weighted by Crippen LogP contribution is -2.59. The Labute approximate surface area is 128 Å². The van der Waals surface area contributed by atoms with Gasteiger partial charge < -0.3 is 16.4 Å². The van der Waals surface area contributed by atoms with Crippen molar-refractivity contribution in [2.75, 3.05) is 26.3 Å².